The molecule has 4 heteroatoms. The molecule has 2 rings (SSSR count). The van der Waals surface area contributed by atoms with Gasteiger partial charge in [-0.1, -0.05) is 12.1 Å². The topological polar surface area (TPSA) is 28.4 Å². The zero-order valence-electron chi connectivity index (χ0n) is 11.3. The summed E-state index contributed by atoms with van der Waals surface area (Å²) in [5.41, 5.74) is 2.23. The van der Waals surface area contributed by atoms with Crippen molar-refractivity contribution in [2.45, 2.75) is 19.6 Å². The molecule has 0 saturated heterocycles. The molecule has 0 aliphatic rings. The van der Waals surface area contributed by atoms with Crippen LogP contribution in [0.2, 0.25) is 0 Å². The third-order valence-corrected chi connectivity index (χ3v) is 2.88. The van der Waals surface area contributed by atoms with Crippen molar-refractivity contribution in [3.05, 3.63) is 59.3 Å². The minimum atomic E-state index is -0.200. The monoisotopic (exact) mass is 262 g/mol. The van der Waals surface area contributed by atoms with Crippen LogP contribution in [0.15, 0.2) is 41.0 Å². The summed E-state index contributed by atoms with van der Waals surface area (Å²) >= 11 is 0. The molecular weight excluding hydrogens is 243 g/mol. The van der Waals surface area contributed by atoms with Crippen LogP contribution in [0.1, 0.15) is 16.9 Å². The third kappa shape index (κ3) is 4.19. The Hall–Kier alpha value is -1.65. The van der Waals surface area contributed by atoms with Crippen molar-refractivity contribution in [1.82, 2.24) is 10.2 Å². The van der Waals surface area contributed by atoms with Crippen LogP contribution in [0.5, 0.6) is 0 Å². The van der Waals surface area contributed by atoms with Gasteiger partial charge in [0.25, 0.3) is 0 Å². The van der Waals surface area contributed by atoms with E-state index in [1.54, 1.807) is 18.4 Å². The van der Waals surface area contributed by atoms with Gasteiger partial charge in [0.05, 0.1) is 12.8 Å². The van der Waals surface area contributed by atoms with E-state index in [1.807, 2.05) is 14.1 Å². The third-order valence-electron chi connectivity index (χ3n) is 2.88. The summed E-state index contributed by atoms with van der Waals surface area (Å²) < 4.78 is 18.3. The predicted octanol–water partition coefficient (Wildman–Crippen LogP) is 2.77. The van der Waals surface area contributed by atoms with Gasteiger partial charge in [0.15, 0.2) is 0 Å². The molecule has 0 aliphatic heterocycles. The maximum Gasteiger partial charge on any atom is 0.123 e. The number of hydrogen-bond donors (Lipinski definition) is 1. The lowest BCUT2D eigenvalue weighted by molar-refractivity contribution is 0.287. The van der Waals surface area contributed by atoms with Crippen LogP contribution < -0.4 is 5.32 Å². The van der Waals surface area contributed by atoms with Crippen molar-refractivity contribution in [1.29, 1.82) is 0 Å². The number of benzene rings is 1. The predicted molar refractivity (Wildman–Crippen MR) is 73.0 cm³/mol. The van der Waals surface area contributed by atoms with E-state index in [2.05, 4.69) is 16.3 Å². The van der Waals surface area contributed by atoms with Crippen molar-refractivity contribution in [3.63, 3.8) is 0 Å². The van der Waals surface area contributed by atoms with Crippen LogP contribution in [0.3, 0.4) is 0 Å². The lowest BCUT2D eigenvalue weighted by Crippen LogP contribution is -2.16. The average molecular weight is 262 g/mol. The summed E-state index contributed by atoms with van der Waals surface area (Å²) in [4.78, 5) is 2.13. The molecule has 3 nitrogen and oxygen atoms in total. The molecule has 1 N–H and O–H groups in total. The highest BCUT2D eigenvalue weighted by molar-refractivity contribution is 5.16. The summed E-state index contributed by atoms with van der Waals surface area (Å²) in [5.74, 6) is 0.740. The molecule has 1 aromatic carbocycles. The van der Waals surface area contributed by atoms with E-state index in [9.17, 15) is 4.39 Å². The normalized spacial score (nSPS) is 11.2. The fourth-order valence-electron chi connectivity index (χ4n) is 2.03. The van der Waals surface area contributed by atoms with E-state index < -0.39 is 0 Å². The Morgan fingerprint density at radius 3 is 2.58 bits per heavy atom. The number of hydrogen-bond acceptors (Lipinski definition) is 3. The number of rotatable bonds is 6. The second-order valence-electron chi connectivity index (χ2n) is 4.75. The molecule has 0 saturated carbocycles. The minimum absolute atomic E-state index is 0.200. The van der Waals surface area contributed by atoms with Crippen LogP contribution in [0, 0.1) is 5.82 Å². The first-order chi connectivity index (χ1) is 9.17. The first-order valence-electron chi connectivity index (χ1n) is 6.31. The Balaban J connectivity index is 1.89. The van der Waals surface area contributed by atoms with Crippen LogP contribution in [0.4, 0.5) is 4.39 Å². The van der Waals surface area contributed by atoms with E-state index >= 15 is 0 Å². The Morgan fingerprint density at radius 1 is 1.16 bits per heavy atom. The van der Waals surface area contributed by atoms with Crippen molar-refractivity contribution in [3.8, 4) is 0 Å². The molecule has 102 valence electrons. The summed E-state index contributed by atoms with van der Waals surface area (Å²) in [6.45, 7) is 2.31. The van der Waals surface area contributed by atoms with Crippen LogP contribution in [-0.4, -0.2) is 19.0 Å². The van der Waals surface area contributed by atoms with Gasteiger partial charge in [-0.2, -0.15) is 0 Å². The quantitative estimate of drug-likeness (QED) is 0.867. The van der Waals surface area contributed by atoms with Crippen LogP contribution >= 0.6 is 0 Å². The zero-order chi connectivity index (χ0) is 13.7. The zero-order valence-corrected chi connectivity index (χ0v) is 11.3. The van der Waals surface area contributed by atoms with Gasteiger partial charge in [-0.05, 0) is 37.9 Å². The standard InChI is InChI=1S/C15H19FN2O/c1-17-8-13-7-15(19-11-13)10-18(2)9-12-3-5-14(16)6-4-12/h3-7,11,17H,8-10H2,1-2H3. The highest BCUT2D eigenvalue weighted by atomic mass is 19.1. The molecule has 0 radical (unpaired) electrons. The smallest absolute Gasteiger partial charge is 0.123 e. The molecular formula is C15H19FN2O. The number of nitrogens with zero attached hydrogens (tertiary/aromatic N) is 1. The SMILES string of the molecule is CNCc1coc(CN(C)Cc2ccc(F)cc2)c1. The summed E-state index contributed by atoms with van der Waals surface area (Å²) in [6.07, 6.45) is 1.78. The van der Waals surface area contributed by atoms with E-state index in [1.165, 1.54) is 12.1 Å². The fourth-order valence-corrected chi connectivity index (χ4v) is 2.03. The Kier molecular flexibility index (Phi) is 4.71. The molecule has 1 heterocycles. The van der Waals surface area contributed by atoms with Gasteiger partial charge in [-0.25, -0.2) is 4.39 Å². The molecule has 1 aromatic heterocycles. The summed E-state index contributed by atoms with van der Waals surface area (Å²) in [7, 11) is 3.93. The average Bonchev–Trinajstić information content (AvgIpc) is 2.80. The molecule has 0 amide bonds. The van der Waals surface area contributed by atoms with Crippen molar-refractivity contribution in [2.24, 2.45) is 0 Å². The minimum Gasteiger partial charge on any atom is -0.468 e. The molecule has 0 bridgehead atoms. The van der Waals surface area contributed by atoms with Crippen molar-refractivity contribution < 1.29 is 8.81 Å². The summed E-state index contributed by atoms with van der Waals surface area (Å²) in [5, 5.41) is 3.09. The van der Waals surface area contributed by atoms with Gasteiger partial charge in [-0.15, -0.1) is 0 Å². The molecule has 0 fully saturated rings. The van der Waals surface area contributed by atoms with Gasteiger partial charge in [0, 0.05) is 18.7 Å². The molecule has 0 aliphatic carbocycles. The van der Waals surface area contributed by atoms with Crippen LogP contribution in [0.25, 0.3) is 0 Å². The van der Waals surface area contributed by atoms with Gasteiger partial charge in [0.1, 0.15) is 11.6 Å². The van der Waals surface area contributed by atoms with E-state index in [-0.39, 0.29) is 5.82 Å². The number of nitrogens with one attached hydrogen (secondary N) is 1. The lowest BCUT2D eigenvalue weighted by atomic mass is 10.2. The van der Waals surface area contributed by atoms with Gasteiger partial charge in [-0.3, -0.25) is 4.90 Å². The Morgan fingerprint density at radius 2 is 1.89 bits per heavy atom. The molecule has 0 atom stereocenters. The van der Waals surface area contributed by atoms with Gasteiger partial charge in [0.2, 0.25) is 0 Å². The first-order valence-corrected chi connectivity index (χ1v) is 6.31. The highest BCUT2D eigenvalue weighted by Crippen LogP contribution is 2.12. The van der Waals surface area contributed by atoms with E-state index in [0.29, 0.717) is 0 Å². The van der Waals surface area contributed by atoms with Gasteiger partial charge < -0.3 is 9.73 Å². The van der Waals surface area contributed by atoms with Gasteiger partial charge >= 0.3 is 0 Å². The Bertz CT molecular complexity index is 507. The first kappa shape index (κ1) is 13.8. The maximum absolute atomic E-state index is 12.8. The maximum atomic E-state index is 12.8. The number of halogens is 1. The van der Waals surface area contributed by atoms with E-state index in [4.69, 9.17) is 4.42 Å². The van der Waals surface area contributed by atoms with E-state index in [0.717, 1.165) is 36.5 Å². The second-order valence-corrected chi connectivity index (χ2v) is 4.75. The summed E-state index contributed by atoms with van der Waals surface area (Å²) in [6, 6.07) is 8.64. The van der Waals surface area contributed by atoms with Crippen molar-refractivity contribution >= 4 is 0 Å². The Labute approximate surface area is 113 Å². The second kappa shape index (κ2) is 6.50. The molecule has 2 aromatic rings. The van der Waals surface area contributed by atoms with Crippen LogP contribution in [-0.2, 0) is 19.6 Å². The van der Waals surface area contributed by atoms with Crippen molar-refractivity contribution in [2.75, 3.05) is 14.1 Å². The molecule has 0 unspecified atom stereocenters. The number of furan rings is 1. The largest absolute Gasteiger partial charge is 0.468 e. The molecule has 0 spiro atoms. The fraction of sp³-hybridized carbons (Fsp3) is 0.333. The lowest BCUT2D eigenvalue weighted by Gasteiger charge is -2.14. The highest BCUT2D eigenvalue weighted by Gasteiger charge is 2.06. The molecule has 19 heavy (non-hydrogen) atoms.